The Hall–Kier alpha value is -2.15. The van der Waals surface area contributed by atoms with Crippen molar-refractivity contribution in [3.05, 3.63) is 35.0 Å². The number of aliphatic carboxylic acids is 1. The molecule has 3 nitrogen and oxygen atoms in total. The van der Waals surface area contributed by atoms with E-state index in [1.165, 1.54) is 6.08 Å². The Kier molecular flexibility index (Phi) is 3.79. The van der Waals surface area contributed by atoms with E-state index < -0.39 is 5.97 Å². The molecular weight excluding hydrogens is 201 g/mol. The summed E-state index contributed by atoms with van der Waals surface area (Å²) < 4.78 is 1.83. The molecule has 0 atom stereocenters. The highest BCUT2D eigenvalue weighted by Crippen LogP contribution is 1.81. The average molecular weight is 211 g/mol. The minimum atomic E-state index is -1.04. The van der Waals surface area contributed by atoms with Crippen LogP contribution in [0.2, 0.25) is 0 Å². The van der Waals surface area contributed by atoms with Crippen LogP contribution in [-0.2, 0) is 11.8 Å². The molecule has 16 heavy (non-hydrogen) atoms. The van der Waals surface area contributed by atoms with Gasteiger partial charge >= 0.3 is 5.97 Å². The predicted octanol–water partition coefficient (Wildman–Crippen LogP) is -0.644. The van der Waals surface area contributed by atoms with Gasteiger partial charge in [-0.2, -0.15) is 0 Å². The first-order valence-electron chi connectivity index (χ1n) is 4.53. The zero-order valence-electron chi connectivity index (χ0n) is 8.90. The molecule has 1 rings (SSSR count). The maximum absolute atomic E-state index is 10.2. The van der Waals surface area contributed by atoms with Gasteiger partial charge in [0.05, 0.1) is 0 Å². The number of hydrogen-bond donors (Lipinski definition) is 1. The molecule has 0 unspecified atom stereocenters. The molecule has 0 saturated carbocycles. The lowest BCUT2D eigenvalue weighted by Crippen LogP contribution is -2.27. The van der Waals surface area contributed by atoms with E-state index in [1.807, 2.05) is 23.9 Å². The maximum Gasteiger partial charge on any atom is 0.328 e. The summed E-state index contributed by atoms with van der Waals surface area (Å²) in [6, 6.07) is 1.81. The second kappa shape index (κ2) is 5.08. The van der Waals surface area contributed by atoms with Gasteiger partial charge in [0.25, 0.3) is 0 Å². The van der Waals surface area contributed by atoms with Gasteiger partial charge in [-0.1, -0.05) is 18.4 Å². The van der Waals surface area contributed by atoms with E-state index in [1.54, 1.807) is 0 Å². The van der Waals surface area contributed by atoms with Crippen LogP contribution >= 0.6 is 0 Å². The van der Waals surface area contributed by atoms with Crippen molar-refractivity contribution in [1.82, 2.24) is 4.57 Å². The van der Waals surface area contributed by atoms with E-state index in [-0.39, 0.29) is 0 Å². The number of carbonyl (C=O) groups is 1. The average Bonchev–Trinajstić information content (AvgIpc) is 2.54. The first-order valence-corrected chi connectivity index (χ1v) is 4.53. The molecule has 2 radical (unpaired) electrons. The predicted molar refractivity (Wildman–Crippen MR) is 63.9 cm³/mol. The van der Waals surface area contributed by atoms with E-state index in [4.69, 9.17) is 13.0 Å². The largest absolute Gasteiger partial charge is 0.478 e. The molecule has 1 aromatic heterocycles. The zero-order chi connectivity index (χ0) is 12.1. The van der Waals surface area contributed by atoms with Crippen molar-refractivity contribution in [2.24, 2.45) is 7.05 Å². The Bertz CT molecular complexity index is 599. The van der Waals surface area contributed by atoms with Crippen LogP contribution in [0.4, 0.5) is 0 Å². The van der Waals surface area contributed by atoms with E-state index >= 15 is 0 Å². The number of aryl methyl sites for hydroxylation is 1. The van der Waals surface area contributed by atoms with Gasteiger partial charge in [0.15, 0.2) is 0 Å². The molecule has 0 aliphatic rings. The van der Waals surface area contributed by atoms with Crippen molar-refractivity contribution in [3.63, 3.8) is 0 Å². The molecule has 0 aromatic carbocycles. The monoisotopic (exact) mass is 211 g/mol. The van der Waals surface area contributed by atoms with Gasteiger partial charge < -0.3 is 9.67 Å². The van der Waals surface area contributed by atoms with Crippen LogP contribution in [0.3, 0.4) is 0 Å². The molecule has 0 amide bonds. The summed E-state index contributed by atoms with van der Waals surface area (Å²) >= 11 is 0. The molecule has 1 heterocycles. The molecule has 0 aliphatic carbocycles. The van der Waals surface area contributed by atoms with Gasteiger partial charge in [0.2, 0.25) is 0 Å². The highest BCUT2D eigenvalue weighted by Gasteiger charge is 1.90. The van der Waals surface area contributed by atoms with E-state index in [0.29, 0.717) is 5.47 Å². The Balaban J connectivity index is 3.08. The highest BCUT2D eigenvalue weighted by atomic mass is 16.4. The van der Waals surface area contributed by atoms with Crippen molar-refractivity contribution >= 4 is 25.9 Å². The topological polar surface area (TPSA) is 42.2 Å². The fourth-order valence-corrected chi connectivity index (χ4v) is 1.11. The Morgan fingerprint density at radius 3 is 2.88 bits per heavy atom. The second-order valence-electron chi connectivity index (χ2n) is 3.14. The van der Waals surface area contributed by atoms with Crippen molar-refractivity contribution in [2.75, 3.05) is 0 Å². The summed E-state index contributed by atoms with van der Waals surface area (Å²) in [5.41, 5.74) is 0.376. The zero-order valence-corrected chi connectivity index (χ0v) is 8.90. The number of allylic oxidation sites excluding steroid dienone is 1. The smallest absolute Gasteiger partial charge is 0.328 e. The molecule has 1 N–H and O–H groups in total. The number of rotatable bonds is 1. The number of carboxylic acids is 1. The molecule has 0 saturated heterocycles. The van der Waals surface area contributed by atoms with Crippen LogP contribution < -0.4 is 10.6 Å². The number of hydrogen-bond acceptors (Lipinski definition) is 1. The molecular formula is C12H10BNO2. The van der Waals surface area contributed by atoms with Crippen LogP contribution in [0.1, 0.15) is 0 Å². The van der Waals surface area contributed by atoms with E-state index in [9.17, 15) is 4.79 Å². The highest BCUT2D eigenvalue weighted by molar-refractivity contribution is 6.42. The third-order valence-electron chi connectivity index (χ3n) is 2.01. The minimum absolute atomic E-state index is 0.376. The SMILES string of the molecule is [B]/C(C#C/C=C/C(=O)O)=c1\ccn(C)c1=C. The first kappa shape index (κ1) is 11.9. The lowest BCUT2D eigenvalue weighted by atomic mass is 9.94. The third kappa shape index (κ3) is 2.92. The van der Waals surface area contributed by atoms with Crippen LogP contribution in [0.15, 0.2) is 24.4 Å². The summed E-state index contributed by atoms with van der Waals surface area (Å²) in [6.07, 6.45) is 4.02. The summed E-state index contributed by atoms with van der Waals surface area (Å²) in [4.78, 5) is 10.2. The Labute approximate surface area is 94.8 Å². The Morgan fingerprint density at radius 2 is 2.38 bits per heavy atom. The summed E-state index contributed by atoms with van der Waals surface area (Å²) in [5.74, 6) is 4.15. The fraction of sp³-hybridized carbons (Fsp3) is 0.0833. The van der Waals surface area contributed by atoms with Crippen LogP contribution in [0.25, 0.3) is 12.1 Å². The maximum atomic E-state index is 10.2. The summed E-state index contributed by atoms with van der Waals surface area (Å²) in [6.45, 7) is 3.84. The summed E-state index contributed by atoms with van der Waals surface area (Å²) in [7, 11) is 7.59. The molecule has 4 heteroatoms. The molecule has 0 spiro atoms. The van der Waals surface area contributed by atoms with Crippen molar-refractivity contribution < 1.29 is 9.90 Å². The summed E-state index contributed by atoms with van der Waals surface area (Å²) in [5, 5.41) is 9.87. The number of nitrogens with zero attached hydrogens (tertiary/aromatic N) is 1. The van der Waals surface area contributed by atoms with Crippen molar-refractivity contribution in [3.8, 4) is 11.8 Å². The lowest BCUT2D eigenvalue weighted by Gasteiger charge is -1.88. The molecule has 78 valence electrons. The van der Waals surface area contributed by atoms with Gasteiger partial charge in [-0.05, 0) is 22.8 Å². The quantitative estimate of drug-likeness (QED) is 0.381. The normalized spacial score (nSPS) is 12.1. The van der Waals surface area contributed by atoms with Gasteiger partial charge in [-0.15, -0.1) is 0 Å². The molecule has 0 bridgehead atoms. The van der Waals surface area contributed by atoms with Crippen molar-refractivity contribution in [2.45, 2.75) is 0 Å². The lowest BCUT2D eigenvalue weighted by molar-refractivity contribution is -0.131. The first-order chi connectivity index (χ1) is 7.52. The standard InChI is InChI=1S/C12H10BNO2/c1-9-10(7-8-14(9)2)11(13)5-3-4-6-12(15)16/h4,6-8H,1H2,2H3,(H,15,16)/b6-4+,11-10+. The Morgan fingerprint density at radius 1 is 1.69 bits per heavy atom. The van der Waals surface area contributed by atoms with Crippen LogP contribution in [0, 0.1) is 11.8 Å². The van der Waals surface area contributed by atoms with Gasteiger partial charge in [0.1, 0.15) is 7.85 Å². The molecule has 0 fully saturated rings. The number of aromatic nitrogens is 1. The fourth-order valence-electron chi connectivity index (χ4n) is 1.11. The van der Waals surface area contributed by atoms with Crippen molar-refractivity contribution in [1.29, 1.82) is 0 Å². The third-order valence-corrected chi connectivity index (χ3v) is 2.01. The van der Waals surface area contributed by atoms with Gasteiger partial charge in [0, 0.05) is 24.7 Å². The van der Waals surface area contributed by atoms with Crippen LogP contribution in [-0.4, -0.2) is 23.5 Å². The second-order valence-corrected chi connectivity index (χ2v) is 3.14. The van der Waals surface area contributed by atoms with Crippen LogP contribution in [0.5, 0.6) is 0 Å². The van der Waals surface area contributed by atoms with E-state index in [0.717, 1.165) is 16.6 Å². The number of carboxylic acid groups (broad SMARTS) is 1. The van der Waals surface area contributed by atoms with Gasteiger partial charge in [-0.25, -0.2) is 4.79 Å². The van der Waals surface area contributed by atoms with E-state index in [2.05, 4.69) is 18.4 Å². The minimum Gasteiger partial charge on any atom is -0.478 e. The molecule has 0 aliphatic heterocycles. The van der Waals surface area contributed by atoms with Gasteiger partial charge in [-0.3, -0.25) is 0 Å². The molecule has 1 aromatic rings.